The van der Waals surface area contributed by atoms with Gasteiger partial charge in [-0.2, -0.15) is 0 Å². The van der Waals surface area contributed by atoms with Crippen molar-refractivity contribution in [1.82, 2.24) is 0 Å². The highest BCUT2D eigenvalue weighted by Crippen LogP contribution is 2.20. The SMILES string of the molecule is [CH2]C(CCOC)c1cc(C)cc(F)c1. The largest absolute Gasteiger partial charge is 0.385 e. The van der Waals surface area contributed by atoms with Gasteiger partial charge in [-0.3, -0.25) is 0 Å². The summed E-state index contributed by atoms with van der Waals surface area (Å²) < 4.78 is 18.0. The van der Waals surface area contributed by atoms with E-state index in [0.29, 0.717) is 6.61 Å². The second-order valence-electron chi connectivity index (χ2n) is 3.54. The van der Waals surface area contributed by atoms with Crippen molar-refractivity contribution in [3.8, 4) is 0 Å². The van der Waals surface area contributed by atoms with Gasteiger partial charge < -0.3 is 4.74 Å². The Bertz CT molecular complexity index is 276. The molecule has 0 aromatic heterocycles. The molecular weight excluding hydrogens is 179 g/mol. The number of rotatable bonds is 4. The van der Waals surface area contributed by atoms with Crippen LogP contribution < -0.4 is 0 Å². The molecule has 0 saturated heterocycles. The quantitative estimate of drug-likeness (QED) is 0.717. The standard InChI is InChI=1S/C12H16FO/c1-9-6-11(8-12(13)7-9)10(2)4-5-14-3/h6-8,10H,2,4-5H2,1,3H3. The van der Waals surface area contributed by atoms with Crippen LogP contribution in [0, 0.1) is 19.7 Å². The van der Waals surface area contributed by atoms with Gasteiger partial charge >= 0.3 is 0 Å². The van der Waals surface area contributed by atoms with E-state index >= 15 is 0 Å². The second-order valence-corrected chi connectivity index (χ2v) is 3.54. The molecule has 0 bridgehead atoms. The molecule has 1 aromatic carbocycles. The van der Waals surface area contributed by atoms with Gasteiger partial charge in [-0.25, -0.2) is 4.39 Å². The van der Waals surface area contributed by atoms with Gasteiger partial charge in [0.15, 0.2) is 0 Å². The molecule has 0 aliphatic carbocycles. The van der Waals surface area contributed by atoms with Gasteiger partial charge in [0.1, 0.15) is 5.82 Å². The predicted octanol–water partition coefficient (Wildman–Crippen LogP) is 3.09. The van der Waals surface area contributed by atoms with Gasteiger partial charge in [0.25, 0.3) is 0 Å². The fraction of sp³-hybridized carbons (Fsp3) is 0.417. The topological polar surface area (TPSA) is 9.23 Å². The molecule has 1 aromatic rings. The van der Waals surface area contributed by atoms with E-state index in [-0.39, 0.29) is 11.7 Å². The van der Waals surface area contributed by atoms with Crippen molar-refractivity contribution in [3.63, 3.8) is 0 Å². The Morgan fingerprint density at radius 2 is 2.14 bits per heavy atom. The zero-order valence-corrected chi connectivity index (χ0v) is 8.72. The minimum Gasteiger partial charge on any atom is -0.385 e. The van der Waals surface area contributed by atoms with Crippen LogP contribution in [0.2, 0.25) is 0 Å². The van der Waals surface area contributed by atoms with Crippen LogP contribution in [-0.2, 0) is 4.74 Å². The number of benzene rings is 1. The molecule has 77 valence electrons. The first-order valence-corrected chi connectivity index (χ1v) is 4.72. The van der Waals surface area contributed by atoms with E-state index in [1.165, 1.54) is 6.07 Å². The summed E-state index contributed by atoms with van der Waals surface area (Å²) in [6.07, 6.45) is 0.819. The molecule has 0 N–H and O–H groups in total. The van der Waals surface area contributed by atoms with E-state index in [4.69, 9.17) is 4.74 Å². The molecule has 0 aliphatic rings. The molecule has 0 heterocycles. The molecule has 2 heteroatoms. The third kappa shape index (κ3) is 3.11. The van der Waals surface area contributed by atoms with Gasteiger partial charge in [-0.15, -0.1) is 0 Å². The fourth-order valence-electron chi connectivity index (χ4n) is 1.43. The van der Waals surface area contributed by atoms with Gasteiger partial charge in [0.05, 0.1) is 0 Å². The maximum Gasteiger partial charge on any atom is 0.123 e. The summed E-state index contributed by atoms with van der Waals surface area (Å²) in [6, 6.07) is 5.03. The number of ether oxygens (including phenoxy) is 1. The van der Waals surface area contributed by atoms with Gasteiger partial charge in [-0.05, 0) is 49.4 Å². The predicted molar refractivity (Wildman–Crippen MR) is 55.7 cm³/mol. The number of methoxy groups -OCH3 is 1. The zero-order valence-electron chi connectivity index (χ0n) is 8.72. The van der Waals surface area contributed by atoms with Crippen LogP contribution in [0.15, 0.2) is 18.2 Å². The Kier molecular flexibility index (Phi) is 4.08. The molecule has 14 heavy (non-hydrogen) atoms. The van der Waals surface area contributed by atoms with Crippen molar-refractivity contribution >= 4 is 0 Å². The van der Waals surface area contributed by atoms with Crippen LogP contribution >= 0.6 is 0 Å². The van der Waals surface area contributed by atoms with Crippen molar-refractivity contribution < 1.29 is 9.13 Å². The Morgan fingerprint density at radius 3 is 2.71 bits per heavy atom. The maximum absolute atomic E-state index is 13.1. The summed E-state index contributed by atoms with van der Waals surface area (Å²) in [5.41, 5.74) is 1.88. The highest BCUT2D eigenvalue weighted by atomic mass is 19.1. The first kappa shape index (κ1) is 11.2. The lowest BCUT2D eigenvalue weighted by atomic mass is 9.96. The number of aryl methyl sites for hydroxylation is 1. The molecule has 0 aliphatic heterocycles. The summed E-state index contributed by atoms with van der Waals surface area (Å²) in [4.78, 5) is 0. The van der Waals surface area contributed by atoms with Crippen molar-refractivity contribution in [3.05, 3.63) is 42.1 Å². The smallest absolute Gasteiger partial charge is 0.123 e. The summed E-state index contributed by atoms with van der Waals surface area (Å²) in [5.74, 6) is -0.0876. The number of halogens is 1. The van der Waals surface area contributed by atoms with Crippen LogP contribution in [0.4, 0.5) is 4.39 Å². The van der Waals surface area contributed by atoms with Crippen LogP contribution in [0.3, 0.4) is 0 Å². The molecule has 1 unspecified atom stereocenters. The second kappa shape index (κ2) is 5.11. The molecule has 0 spiro atoms. The third-order valence-corrected chi connectivity index (χ3v) is 2.21. The van der Waals surface area contributed by atoms with Gasteiger partial charge in [0, 0.05) is 13.7 Å². The van der Waals surface area contributed by atoms with E-state index < -0.39 is 0 Å². The average Bonchev–Trinajstić information content (AvgIpc) is 2.12. The molecule has 1 rings (SSSR count). The number of hydrogen-bond donors (Lipinski definition) is 0. The summed E-state index contributed by atoms with van der Waals surface area (Å²) >= 11 is 0. The minimum atomic E-state index is -0.189. The van der Waals surface area contributed by atoms with Crippen LogP contribution in [0.5, 0.6) is 0 Å². The molecule has 1 atom stereocenters. The number of hydrogen-bond acceptors (Lipinski definition) is 1. The Labute approximate surface area is 84.9 Å². The van der Waals surface area contributed by atoms with E-state index in [0.717, 1.165) is 17.5 Å². The third-order valence-electron chi connectivity index (χ3n) is 2.21. The monoisotopic (exact) mass is 195 g/mol. The molecule has 0 fully saturated rings. The molecule has 0 amide bonds. The van der Waals surface area contributed by atoms with Crippen LogP contribution in [-0.4, -0.2) is 13.7 Å². The molecule has 0 saturated carbocycles. The lowest BCUT2D eigenvalue weighted by Gasteiger charge is -2.11. The van der Waals surface area contributed by atoms with Crippen LogP contribution in [0.1, 0.15) is 23.5 Å². The highest BCUT2D eigenvalue weighted by molar-refractivity contribution is 5.27. The maximum atomic E-state index is 13.1. The molecular formula is C12H16FO. The average molecular weight is 195 g/mol. The summed E-state index contributed by atoms with van der Waals surface area (Å²) in [7, 11) is 1.66. The van der Waals surface area contributed by atoms with Gasteiger partial charge in [0.2, 0.25) is 0 Å². The lowest BCUT2D eigenvalue weighted by molar-refractivity contribution is 0.191. The Hall–Kier alpha value is -0.890. The van der Waals surface area contributed by atoms with Crippen molar-refractivity contribution in [1.29, 1.82) is 0 Å². The normalized spacial score (nSPS) is 12.9. The van der Waals surface area contributed by atoms with Gasteiger partial charge in [-0.1, -0.05) is 6.07 Å². The Balaban J connectivity index is 2.73. The van der Waals surface area contributed by atoms with E-state index in [9.17, 15) is 4.39 Å². The minimum absolute atomic E-state index is 0.101. The first-order valence-electron chi connectivity index (χ1n) is 4.72. The van der Waals surface area contributed by atoms with E-state index in [2.05, 4.69) is 6.92 Å². The first-order chi connectivity index (χ1) is 6.63. The van der Waals surface area contributed by atoms with Crippen molar-refractivity contribution in [2.75, 3.05) is 13.7 Å². The zero-order chi connectivity index (χ0) is 10.6. The van der Waals surface area contributed by atoms with Crippen LogP contribution in [0.25, 0.3) is 0 Å². The van der Waals surface area contributed by atoms with Crippen molar-refractivity contribution in [2.24, 2.45) is 0 Å². The highest BCUT2D eigenvalue weighted by Gasteiger charge is 2.07. The summed E-state index contributed by atoms with van der Waals surface area (Å²) in [5, 5.41) is 0. The molecule has 1 radical (unpaired) electrons. The van der Waals surface area contributed by atoms with E-state index in [1.807, 2.05) is 13.0 Å². The fourth-order valence-corrected chi connectivity index (χ4v) is 1.43. The molecule has 1 nitrogen and oxygen atoms in total. The van der Waals surface area contributed by atoms with E-state index in [1.54, 1.807) is 13.2 Å². The van der Waals surface area contributed by atoms with Crippen molar-refractivity contribution in [2.45, 2.75) is 19.3 Å². The Morgan fingerprint density at radius 1 is 1.43 bits per heavy atom. The summed E-state index contributed by atoms with van der Waals surface area (Å²) in [6.45, 7) is 6.52. The lowest BCUT2D eigenvalue weighted by Crippen LogP contribution is -2.00.